The lowest BCUT2D eigenvalue weighted by Gasteiger charge is -2.02. The maximum Gasteiger partial charge on any atom is 0.229 e. The van der Waals surface area contributed by atoms with Crippen LogP contribution in [0.5, 0.6) is 0 Å². The van der Waals surface area contributed by atoms with E-state index >= 15 is 0 Å². The molecule has 8 heteroatoms. The highest BCUT2D eigenvalue weighted by Crippen LogP contribution is 2.50. The highest BCUT2D eigenvalue weighted by molar-refractivity contribution is 7.16. The summed E-state index contributed by atoms with van der Waals surface area (Å²) in [6, 6.07) is 3.89. The molecule has 2 atom stereocenters. The number of carbonyl (C=O) groups is 1. The highest BCUT2D eigenvalue weighted by atomic mass is 35.5. The average molecular weight is 350 g/mol. The maximum absolute atomic E-state index is 12.5. The van der Waals surface area contributed by atoms with Gasteiger partial charge >= 0.3 is 0 Å². The molecule has 0 saturated heterocycles. The number of halogens is 1. The molecule has 0 aliphatic heterocycles. The number of aromatic amines is 1. The Bertz CT molecular complexity index is 895. The molecular weight excluding hydrogens is 334 g/mol. The summed E-state index contributed by atoms with van der Waals surface area (Å²) < 4.78 is 2.50. The first-order chi connectivity index (χ1) is 11.1. The molecule has 0 unspecified atom stereocenters. The molecule has 2 N–H and O–H groups in total. The number of rotatable bonds is 4. The Morgan fingerprint density at radius 2 is 2.39 bits per heavy atom. The number of aryl methyl sites for hydroxylation is 2. The van der Waals surface area contributed by atoms with Gasteiger partial charge in [0.1, 0.15) is 5.82 Å². The Balaban J connectivity index is 1.54. The average Bonchev–Trinajstić information content (AvgIpc) is 2.86. The zero-order valence-corrected chi connectivity index (χ0v) is 14.3. The van der Waals surface area contributed by atoms with Crippen molar-refractivity contribution in [1.29, 1.82) is 0 Å². The molecule has 1 aliphatic rings. The minimum Gasteiger partial charge on any atom is -0.310 e. The van der Waals surface area contributed by atoms with Gasteiger partial charge in [0.15, 0.2) is 5.65 Å². The van der Waals surface area contributed by atoms with Crippen LogP contribution in [-0.4, -0.2) is 25.9 Å². The Labute approximate surface area is 141 Å². The molecule has 6 nitrogen and oxygen atoms in total. The Hall–Kier alpha value is -1.86. The number of anilines is 1. The van der Waals surface area contributed by atoms with Gasteiger partial charge in [0.2, 0.25) is 5.91 Å². The van der Waals surface area contributed by atoms with Crippen LogP contribution in [0, 0.1) is 5.92 Å². The van der Waals surface area contributed by atoms with Gasteiger partial charge in [0.05, 0.1) is 15.4 Å². The van der Waals surface area contributed by atoms with E-state index in [9.17, 15) is 4.79 Å². The Kier molecular flexibility index (Phi) is 3.42. The molecule has 0 bridgehead atoms. The van der Waals surface area contributed by atoms with Gasteiger partial charge in [-0.15, -0.1) is 11.3 Å². The van der Waals surface area contributed by atoms with Gasteiger partial charge in [-0.3, -0.25) is 9.89 Å². The lowest BCUT2D eigenvalue weighted by atomic mass is 10.2. The predicted molar refractivity (Wildman–Crippen MR) is 91.0 cm³/mol. The van der Waals surface area contributed by atoms with Crippen molar-refractivity contribution in [2.24, 2.45) is 13.0 Å². The molecule has 3 aromatic heterocycles. The van der Waals surface area contributed by atoms with Gasteiger partial charge in [-0.2, -0.15) is 10.2 Å². The number of carbonyl (C=O) groups excluding carboxylic acids is 1. The molecule has 4 rings (SSSR count). The van der Waals surface area contributed by atoms with Gasteiger partial charge in [-0.25, -0.2) is 4.68 Å². The summed E-state index contributed by atoms with van der Waals surface area (Å²) in [5, 5.41) is 15.5. The van der Waals surface area contributed by atoms with Crippen molar-refractivity contribution in [3.63, 3.8) is 0 Å². The van der Waals surface area contributed by atoms with Crippen molar-refractivity contribution in [2.45, 2.75) is 25.7 Å². The van der Waals surface area contributed by atoms with Crippen LogP contribution in [0.2, 0.25) is 4.34 Å². The SMILES string of the molecule is CCc1nn(C)c2n[nH]c(NC(=O)[C@@H]3C[C@H]3c3ccc(Cl)s3)c12. The van der Waals surface area contributed by atoms with E-state index in [-0.39, 0.29) is 17.7 Å². The van der Waals surface area contributed by atoms with Crippen LogP contribution in [-0.2, 0) is 18.3 Å². The van der Waals surface area contributed by atoms with E-state index in [1.54, 1.807) is 16.0 Å². The molecule has 0 spiro atoms. The fraction of sp³-hybridized carbons (Fsp3) is 0.400. The largest absolute Gasteiger partial charge is 0.310 e. The third kappa shape index (κ3) is 2.44. The number of nitrogens with zero attached hydrogens (tertiary/aromatic N) is 3. The Morgan fingerprint density at radius 1 is 1.57 bits per heavy atom. The third-order valence-electron chi connectivity index (χ3n) is 4.28. The summed E-state index contributed by atoms with van der Waals surface area (Å²) in [6.45, 7) is 2.04. The zero-order chi connectivity index (χ0) is 16.1. The molecule has 0 radical (unpaired) electrons. The van der Waals surface area contributed by atoms with Crippen LogP contribution < -0.4 is 5.32 Å². The third-order valence-corrected chi connectivity index (χ3v) is 5.65. The molecule has 1 fully saturated rings. The first kappa shape index (κ1) is 14.7. The molecule has 3 heterocycles. The van der Waals surface area contributed by atoms with Crippen molar-refractivity contribution in [3.8, 4) is 0 Å². The van der Waals surface area contributed by atoms with Gasteiger partial charge in [-0.1, -0.05) is 18.5 Å². The minimum atomic E-state index is 0.00446. The van der Waals surface area contributed by atoms with Crippen molar-refractivity contribution in [3.05, 3.63) is 27.0 Å². The molecule has 0 aromatic carbocycles. The molecule has 1 saturated carbocycles. The van der Waals surface area contributed by atoms with Gasteiger partial charge in [0.25, 0.3) is 0 Å². The fourth-order valence-electron chi connectivity index (χ4n) is 3.00. The first-order valence-electron chi connectivity index (χ1n) is 7.54. The van der Waals surface area contributed by atoms with E-state index in [0.29, 0.717) is 5.82 Å². The number of thiophene rings is 1. The summed E-state index contributed by atoms with van der Waals surface area (Å²) in [5.74, 6) is 0.955. The van der Waals surface area contributed by atoms with Gasteiger partial charge in [0, 0.05) is 23.8 Å². The molecular formula is C15H16ClN5OS. The number of amides is 1. The summed E-state index contributed by atoms with van der Waals surface area (Å²) in [6.07, 6.45) is 1.66. The normalized spacial score (nSPS) is 20.1. The molecule has 1 amide bonds. The lowest BCUT2D eigenvalue weighted by Crippen LogP contribution is -2.15. The smallest absolute Gasteiger partial charge is 0.229 e. The van der Waals surface area contributed by atoms with E-state index in [0.717, 1.165) is 33.9 Å². The second-order valence-electron chi connectivity index (χ2n) is 5.80. The van der Waals surface area contributed by atoms with Gasteiger partial charge in [-0.05, 0) is 25.0 Å². The quantitative estimate of drug-likeness (QED) is 0.758. The molecule has 1 aliphatic carbocycles. The minimum absolute atomic E-state index is 0.00446. The van der Waals surface area contributed by atoms with E-state index in [2.05, 4.69) is 20.6 Å². The number of hydrogen-bond acceptors (Lipinski definition) is 4. The highest BCUT2D eigenvalue weighted by Gasteiger charge is 2.45. The number of hydrogen-bond donors (Lipinski definition) is 2. The molecule has 120 valence electrons. The van der Waals surface area contributed by atoms with Gasteiger partial charge < -0.3 is 5.32 Å². The van der Waals surface area contributed by atoms with Crippen LogP contribution in [0.25, 0.3) is 11.0 Å². The Morgan fingerprint density at radius 3 is 3.09 bits per heavy atom. The van der Waals surface area contributed by atoms with Crippen molar-refractivity contribution < 1.29 is 4.79 Å². The van der Waals surface area contributed by atoms with Crippen molar-refractivity contribution >= 4 is 45.7 Å². The summed E-state index contributed by atoms with van der Waals surface area (Å²) in [4.78, 5) is 13.7. The standard InChI is InChI=1S/C15H16ClN5OS/c1-3-9-12-13(18-19-14(12)21(2)20-9)17-15(22)8-6-7(8)10-4-5-11(16)23-10/h4-5,7-8H,3,6H2,1-2H3,(H2,17,18,19,22)/t7-,8-/m1/s1. The lowest BCUT2D eigenvalue weighted by molar-refractivity contribution is -0.117. The van der Waals surface area contributed by atoms with Crippen LogP contribution in [0.3, 0.4) is 0 Å². The van der Waals surface area contributed by atoms with Crippen LogP contribution in [0.1, 0.15) is 29.8 Å². The van der Waals surface area contributed by atoms with Crippen LogP contribution in [0.4, 0.5) is 5.82 Å². The topological polar surface area (TPSA) is 75.6 Å². The number of aromatic nitrogens is 4. The van der Waals surface area contributed by atoms with Crippen LogP contribution >= 0.6 is 22.9 Å². The van der Waals surface area contributed by atoms with E-state index in [1.165, 1.54) is 4.88 Å². The number of nitrogens with one attached hydrogen (secondary N) is 2. The zero-order valence-electron chi connectivity index (χ0n) is 12.8. The first-order valence-corrected chi connectivity index (χ1v) is 8.74. The van der Waals surface area contributed by atoms with E-state index in [4.69, 9.17) is 11.6 Å². The molecule has 23 heavy (non-hydrogen) atoms. The summed E-state index contributed by atoms with van der Waals surface area (Å²) in [5.41, 5.74) is 1.69. The second-order valence-corrected chi connectivity index (χ2v) is 7.55. The fourth-order valence-corrected chi connectivity index (χ4v) is 4.24. The molecule has 3 aromatic rings. The summed E-state index contributed by atoms with van der Waals surface area (Å²) >= 11 is 7.52. The van der Waals surface area contributed by atoms with Crippen LogP contribution in [0.15, 0.2) is 12.1 Å². The van der Waals surface area contributed by atoms with Crippen molar-refractivity contribution in [2.75, 3.05) is 5.32 Å². The second kappa shape index (κ2) is 5.35. The maximum atomic E-state index is 12.5. The number of H-pyrrole nitrogens is 1. The monoisotopic (exact) mass is 349 g/mol. The predicted octanol–water partition coefficient (Wildman–Crippen LogP) is 3.32. The van der Waals surface area contributed by atoms with E-state index in [1.807, 2.05) is 26.1 Å². The number of fused-ring (bicyclic) bond motifs is 1. The summed E-state index contributed by atoms with van der Waals surface area (Å²) in [7, 11) is 1.85. The van der Waals surface area contributed by atoms with E-state index < -0.39 is 0 Å². The van der Waals surface area contributed by atoms with Crippen molar-refractivity contribution in [1.82, 2.24) is 20.0 Å².